The van der Waals surface area contributed by atoms with Crippen LogP contribution in [0, 0.1) is 0 Å². The van der Waals surface area contributed by atoms with Crippen LogP contribution >= 0.6 is 0 Å². The Bertz CT molecular complexity index is 340. The lowest BCUT2D eigenvalue weighted by Gasteiger charge is -2.56. The highest BCUT2D eigenvalue weighted by Gasteiger charge is 2.77. The van der Waals surface area contributed by atoms with Crippen molar-refractivity contribution in [3.05, 3.63) is 0 Å². The number of hydrogen-bond acceptors (Lipinski definition) is 1. The molecule has 2 fully saturated rings. The maximum atomic E-state index is 13.6. The van der Waals surface area contributed by atoms with Crippen molar-refractivity contribution in [2.75, 3.05) is 0 Å². The van der Waals surface area contributed by atoms with Gasteiger partial charge in [0.1, 0.15) is 11.1 Å². The van der Waals surface area contributed by atoms with Crippen LogP contribution in [0.25, 0.3) is 0 Å². The maximum Gasteiger partial charge on any atom is 0.282 e. The summed E-state index contributed by atoms with van der Waals surface area (Å²) in [6.45, 7) is 7.96. The summed E-state index contributed by atoms with van der Waals surface area (Å²) >= 11 is 0. The molecule has 4 nitrogen and oxygen atoms in total. The molecule has 1 aliphatic carbocycles. The van der Waals surface area contributed by atoms with Gasteiger partial charge in [0.25, 0.3) is 5.91 Å². The monoisotopic (exact) mass is 240 g/mol. The van der Waals surface area contributed by atoms with Crippen LogP contribution in [0.1, 0.15) is 59.8 Å². The van der Waals surface area contributed by atoms with Crippen LogP contribution in [0.3, 0.4) is 0 Å². The molecule has 0 atom stereocenters. The molecule has 0 bridgehead atoms. The van der Waals surface area contributed by atoms with Gasteiger partial charge in [0.05, 0.1) is 0 Å². The van der Waals surface area contributed by atoms with Crippen molar-refractivity contribution >= 4 is 5.91 Å². The standard InChI is InChI=1S/C13H24N2O2/c1-11(2)6-5-7-12(3,4)15(11,17)13(8-9-13)10(14)16/h5-9H2,1-4H3,(H2,14,16)/q+1. The highest BCUT2D eigenvalue weighted by molar-refractivity contribution is 5.86. The van der Waals surface area contributed by atoms with Gasteiger partial charge in [0, 0.05) is 30.9 Å². The molecule has 4 heteroatoms. The van der Waals surface area contributed by atoms with Gasteiger partial charge in [-0.05, 0) is 34.1 Å². The number of amides is 1. The third kappa shape index (κ3) is 1.34. The lowest BCUT2D eigenvalue weighted by atomic mass is 9.76. The highest BCUT2D eigenvalue weighted by atomic mass is 16.6. The Morgan fingerprint density at radius 3 is 1.71 bits per heavy atom. The van der Waals surface area contributed by atoms with E-state index < -0.39 is 27.2 Å². The van der Waals surface area contributed by atoms with Gasteiger partial charge in [-0.25, -0.2) is 0 Å². The second-order valence-electron chi connectivity index (χ2n) is 6.98. The van der Waals surface area contributed by atoms with Gasteiger partial charge in [-0.15, -0.1) is 4.65 Å². The molecule has 17 heavy (non-hydrogen) atoms. The van der Waals surface area contributed by atoms with Crippen molar-refractivity contribution in [3.8, 4) is 0 Å². The summed E-state index contributed by atoms with van der Waals surface area (Å²) in [5.41, 5.74) is 3.84. The average Bonchev–Trinajstić information content (AvgIpc) is 2.93. The van der Waals surface area contributed by atoms with Gasteiger partial charge in [0.2, 0.25) is 5.54 Å². The fraction of sp³-hybridized carbons (Fsp3) is 0.923. The first-order chi connectivity index (χ1) is 7.61. The summed E-state index contributed by atoms with van der Waals surface area (Å²) in [7, 11) is 0. The van der Waals surface area contributed by atoms with Gasteiger partial charge in [-0.1, -0.05) is 0 Å². The summed E-state index contributed by atoms with van der Waals surface area (Å²) < 4.78 is -0.428. The summed E-state index contributed by atoms with van der Waals surface area (Å²) in [4.78, 5) is 11.8. The van der Waals surface area contributed by atoms with Crippen molar-refractivity contribution in [2.45, 2.75) is 76.4 Å². The first-order valence-electron chi connectivity index (χ1n) is 6.51. The Kier molecular flexibility index (Phi) is 2.44. The van der Waals surface area contributed by atoms with Crippen LogP contribution in [0.15, 0.2) is 0 Å². The lowest BCUT2D eigenvalue weighted by Crippen LogP contribution is -2.78. The number of nitrogens with two attached hydrogens (primary N) is 1. The summed E-state index contributed by atoms with van der Waals surface area (Å²) in [5, 5.41) is 13.6. The summed E-state index contributed by atoms with van der Waals surface area (Å²) in [6.07, 6.45) is 4.10. The quantitative estimate of drug-likeness (QED) is 0.736. The number of quaternary nitrogens is 1. The van der Waals surface area contributed by atoms with Gasteiger partial charge >= 0.3 is 0 Å². The number of hydrogen-bond donors (Lipinski definition) is 1. The molecular formula is C13H24N2O2+. The topological polar surface area (TPSA) is 63.0 Å². The molecule has 1 aliphatic heterocycles. The Balaban J connectivity index is 2.54. The van der Waals surface area contributed by atoms with Gasteiger partial charge in [-0.3, -0.25) is 4.79 Å². The van der Waals surface area contributed by atoms with E-state index in [2.05, 4.69) is 0 Å². The highest BCUT2D eigenvalue weighted by Crippen LogP contribution is 2.58. The predicted octanol–water partition coefficient (Wildman–Crippen LogP) is 1.91. The third-order valence-electron chi connectivity index (χ3n) is 5.07. The van der Waals surface area contributed by atoms with Crippen molar-refractivity contribution in [2.24, 2.45) is 5.73 Å². The number of carbonyl (C=O) groups is 1. The number of primary amides is 1. The molecule has 0 aromatic rings. The second-order valence-corrected chi connectivity index (χ2v) is 6.98. The Hall–Kier alpha value is -0.610. The molecule has 0 aromatic carbocycles. The van der Waals surface area contributed by atoms with Crippen LogP contribution in [0.5, 0.6) is 0 Å². The molecule has 1 radical (unpaired) electrons. The van der Waals surface area contributed by atoms with E-state index in [-0.39, 0.29) is 0 Å². The smallest absolute Gasteiger partial charge is 0.282 e. The minimum absolute atomic E-state index is 0.407. The van der Waals surface area contributed by atoms with Crippen LogP contribution < -0.4 is 5.73 Å². The number of likely N-dealkylation sites (tertiary alicyclic amines) is 1. The van der Waals surface area contributed by atoms with Crippen molar-refractivity contribution in [1.29, 1.82) is 0 Å². The SMILES string of the molecule is CC1(C)CCCC(C)(C)[N+]1([O])C1(C(N)=O)CC1. The van der Waals surface area contributed by atoms with E-state index in [1.54, 1.807) is 0 Å². The normalized spacial score (nSPS) is 31.8. The molecule has 0 spiro atoms. The van der Waals surface area contributed by atoms with E-state index in [9.17, 15) is 10.0 Å². The van der Waals surface area contributed by atoms with Crippen LogP contribution in [-0.4, -0.2) is 27.2 Å². The van der Waals surface area contributed by atoms with Crippen LogP contribution in [-0.2, 0) is 10.0 Å². The number of piperidine rings is 1. The molecule has 1 saturated carbocycles. The molecule has 1 amide bonds. The zero-order chi connectivity index (χ0) is 13.1. The molecule has 2 rings (SSSR count). The average molecular weight is 240 g/mol. The third-order valence-corrected chi connectivity index (χ3v) is 5.07. The fourth-order valence-corrected chi connectivity index (χ4v) is 4.08. The van der Waals surface area contributed by atoms with Crippen molar-refractivity contribution in [3.63, 3.8) is 0 Å². The molecule has 1 heterocycles. The minimum Gasteiger partial charge on any atom is -0.364 e. The Labute approximate surface area is 103 Å². The molecule has 0 aromatic heterocycles. The molecule has 0 unspecified atom stereocenters. The fourth-order valence-electron chi connectivity index (χ4n) is 4.08. The lowest BCUT2D eigenvalue weighted by molar-refractivity contribution is -1.21. The molecule has 2 N–H and O–H groups in total. The zero-order valence-electron chi connectivity index (χ0n) is 11.4. The minimum atomic E-state index is -0.854. The van der Waals surface area contributed by atoms with Crippen molar-refractivity contribution in [1.82, 2.24) is 0 Å². The van der Waals surface area contributed by atoms with E-state index in [0.717, 1.165) is 19.3 Å². The number of hydroxylamine groups is 3. The molecule has 2 aliphatic rings. The Morgan fingerprint density at radius 2 is 1.41 bits per heavy atom. The zero-order valence-corrected chi connectivity index (χ0v) is 11.4. The molecule has 97 valence electrons. The number of rotatable bonds is 2. The first-order valence-corrected chi connectivity index (χ1v) is 6.51. The van der Waals surface area contributed by atoms with E-state index >= 15 is 0 Å². The first kappa shape index (κ1) is 12.8. The van der Waals surface area contributed by atoms with E-state index in [4.69, 9.17) is 5.73 Å². The van der Waals surface area contributed by atoms with E-state index in [1.165, 1.54) is 0 Å². The predicted molar refractivity (Wildman–Crippen MR) is 64.1 cm³/mol. The van der Waals surface area contributed by atoms with Crippen molar-refractivity contribution < 1.29 is 14.6 Å². The van der Waals surface area contributed by atoms with Gasteiger partial charge in [0.15, 0.2) is 0 Å². The van der Waals surface area contributed by atoms with E-state index in [1.807, 2.05) is 27.7 Å². The molecular weight excluding hydrogens is 216 g/mol. The second kappa shape index (κ2) is 3.23. The van der Waals surface area contributed by atoms with E-state index in [0.29, 0.717) is 12.8 Å². The molecule has 1 saturated heterocycles. The largest absolute Gasteiger partial charge is 0.364 e. The van der Waals surface area contributed by atoms with Gasteiger partial charge in [-0.2, -0.15) is 0 Å². The maximum absolute atomic E-state index is 13.6. The Morgan fingerprint density at radius 1 is 1.00 bits per heavy atom. The summed E-state index contributed by atoms with van der Waals surface area (Å²) in [5.74, 6) is -0.407. The number of nitrogens with zero attached hydrogens (tertiary/aromatic N) is 1. The number of carbonyl (C=O) groups excluding carboxylic acids is 1. The van der Waals surface area contributed by atoms with Gasteiger partial charge < -0.3 is 5.73 Å². The van der Waals surface area contributed by atoms with Crippen LogP contribution in [0.2, 0.25) is 0 Å². The summed E-state index contributed by atoms with van der Waals surface area (Å²) in [6, 6.07) is 0. The van der Waals surface area contributed by atoms with Crippen LogP contribution in [0.4, 0.5) is 0 Å².